The Hall–Kier alpha value is -1.30. The second kappa shape index (κ2) is 6.21. The number of aromatic nitrogens is 1. The Bertz CT molecular complexity index is 773. The number of allylic oxidation sites excluding steroid dienone is 2. The minimum absolute atomic E-state index is 0.0111. The average Bonchev–Trinajstić information content (AvgIpc) is 2.56. The van der Waals surface area contributed by atoms with E-state index in [0.29, 0.717) is 11.3 Å². The number of nitrogens with zero attached hydrogens (tertiary/aromatic N) is 1. The number of hydrazone groups is 1. The van der Waals surface area contributed by atoms with Gasteiger partial charge in [-0.2, -0.15) is 10.1 Å². The van der Waals surface area contributed by atoms with Crippen molar-refractivity contribution in [2.24, 2.45) is 22.4 Å². The second-order valence-electron chi connectivity index (χ2n) is 6.80. The standard InChI is InChI=1S/C16H17Cl3N4O/c1-16(2)8-4-3-7(9(16)5-8)6-21-23-15(24)13-10(17)12(20)11(18)14(19)22-13/h3,6,8-9H,4-5H2,1-2H3,(H2,20,22)(H,23,24)/p+1/b21-6-/t8-,9-/m1/s1. The largest absolute Gasteiger partial charge is 0.396 e. The Morgan fingerprint density at radius 2 is 2.12 bits per heavy atom. The maximum Gasteiger partial charge on any atom is 0.337 e. The van der Waals surface area contributed by atoms with Crippen LogP contribution in [0.25, 0.3) is 0 Å². The van der Waals surface area contributed by atoms with E-state index in [9.17, 15) is 4.79 Å². The zero-order chi connectivity index (χ0) is 17.6. The lowest BCUT2D eigenvalue weighted by atomic mass is 9.49. The van der Waals surface area contributed by atoms with Crippen LogP contribution in [-0.4, -0.2) is 12.1 Å². The summed E-state index contributed by atoms with van der Waals surface area (Å²) in [6.07, 6.45) is 6.13. The number of hydrogen-bond donors (Lipinski definition) is 2. The molecule has 128 valence electrons. The molecule has 2 atom stereocenters. The number of aromatic amines is 1. The van der Waals surface area contributed by atoms with E-state index >= 15 is 0 Å². The van der Waals surface area contributed by atoms with Gasteiger partial charge in [-0.15, -0.1) is 0 Å². The fourth-order valence-electron chi connectivity index (χ4n) is 3.49. The number of nitrogens with two attached hydrogens (primary N) is 1. The van der Waals surface area contributed by atoms with Crippen LogP contribution in [0.1, 0.15) is 37.2 Å². The molecule has 0 aromatic carbocycles. The number of pyridine rings is 1. The smallest absolute Gasteiger partial charge is 0.337 e. The lowest BCUT2D eigenvalue weighted by Crippen LogP contribution is -2.48. The maximum absolute atomic E-state index is 12.2. The summed E-state index contributed by atoms with van der Waals surface area (Å²) < 4.78 is 0. The highest BCUT2D eigenvalue weighted by molar-refractivity contribution is 6.45. The summed E-state index contributed by atoms with van der Waals surface area (Å²) >= 11 is 17.8. The fraction of sp³-hybridized carbons (Fsp3) is 0.438. The number of anilines is 1. The summed E-state index contributed by atoms with van der Waals surface area (Å²) in [6, 6.07) is 0. The number of fused-ring (bicyclic) bond motifs is 1. The molecule has 4 rings (SSSR count). The lowest BCUT2D eigenvalue weighted by Gasteiger charge is -2.55. The molecule has 0 unspecified atom stereocenters. The Morgan fingerprint density at radius 3 is 2.75 bits per heavy atom. The van der Waals surface area contributed by atoms with Crippen LogP contribution in [0.5, 0.6) is 0 Å². The predicted octanol–water partition coefficient (Wildman–Crippen LogP) is 3.75. The topological polar surface area (TPSA) is 81.6 Å². The molecule has 0 aliphatic heterocycles. The van der Waals surface area contributed by atoms with Crippen molar-refractivity contribution >= 4 is 52.6 Å². The monoisotopic (exact) mass is 387 g/mol. The van der Waals surface area contributed by atoms with Crippen LogP contribution in [-0.2, 0) is 0 Å². The van der Waals surface area contributed by atoms with E-state index in [1.807, 2.05) is 0 Å². The van der Waals surface area contributed by atoms with E-state index in [1.165, 1.54) is 6.42 Å². The second-order valence-corrected chi connectivity index (χ2v) is 7.94. The Kier molecular flexibility index (Phi) is 4.53. The molecule has 1 aromatic rings. The van der Waals surface area contributed by atoms with Gasteiger partial charge in [0.25, 0.3) is 10.8 Å². The molecule has 3 aliphatic rings. The molecule has 0 radical (unpaired) electrons. The first-order valence-corrected chi connectivity index (χ1v) is 8.75. The van der Waals surface area contributed by atoms with Crippen molar-refractivity contribution in [3.8, 4) is 0 Å². The number of nitrogens with one attached hydrogen (secondary N) is 2. The minimum Gasteiger partial charge on any atom is -0.396 e. The quantitative estimate of drug-likeness (QED) is 0.469. The molecule has 0 spiro atoms. The third-order valence-electron chi connectivity index (χ3n) is 5.24. The van der Waals surface area contributed by atoms with Gasteiger partial charge in [0.05, 0.1) is 11.9 Å². The van der Waals surface area contributed by atoms with Crippen molar-refractivity contribution in [2.45, 2.75) is 26.7 Å². The molecular formula is C16H18Cl3N4O+. The molecule has 1 fully saturated rings. The third-order valence-corrected chi connectivity index (χ3v) is 6.40. The van der Waals surface area contributed by atoms with E-state index in [2.05, 4.69) is 35.4 Å². The lowest BCUT2D eigenvalue weighted by molar-refractivity contribution is -0.379. The number of H-pyrrole nitrogens is 1. The van der Waals surface area contributed by atoms with Gasteiger partial charge in [0.15, 0.2) is 0 Å². The van der Waals surface area contributed by atoms with E-state index in [0.717, 1.165) is 17.9 Å². The van der Waals surface area contributed by atoms with Crippen LogP contribution in [0, 0.1) is 17.3 Å². The van der Waals surface area contributed by atoms with Gasteiger partial charge in [-0.1, -0.05) is 43.1 Å². The van der Waals surface area contributed by atoms with Gasteiger partial charge in [0, 0.05) is 0 Å². The van der Waals surface area contributed by atoms with E-state index in [1.54, 1.807) is 6.21 Å². The normalized spacial score (nSPS) is 24.5. The number of carbonyl (C=O) groups excluding carboxylic acids is 1. The zero-order valence-electron chi connectivity index (χ0n) is 13.3. The summed E-state index contributed by atoms with van der Waals surface area (Å²) in [7, 11) is 0. The highest BCUT2D eigenvalue weighted by atomic mass is 35.5. The fourth-order valence-corrected chi connectivity index (χ4v) is 4.11. The number of halogens is 3. The Morgan fingerprint density at radius 1 is 1.42 bits per heavy atom. The van der Waals surface area contributed by atoms with E-state index in [4.69, 9.17) is 40.5 Å². The molecule has 8 heteroatoms. The third kappa shape index (κ3) is 2.79. The van der Waals surface area contributed by atoms with Crippen molar-refractivity contribution in [2.75, 3.05) is 5.73 Å². The van der Waals surface area contributed by atoms with Crippen LogP contribution in [0.4, 0.5) is 5.69 Å². The van der Waals surface area contributed by atoms with Crippen LogP contribution < -0.4 is 16.1 Å². The summed E-state index contributed by atoms with van der Waals surface area (Å²) in [4.78, 5) is 14.8. The van der Waals surface area contributed by atoms with Gasteiger partial charge in [-0.25, -0.2) is 5.43 Å². The van der Waals surface area contributed by atoms with Gasteiger partial charge in [-0.05, 0) is 47.3 Å². The maximum atomic E-state index is 12.2. The summed E-state index contributed by atoms with van der Waals surface area (Å²) in [5.74, 6) is 0.707. The molecule has 1 heterocycles. The molecule has 1 amide bonds. The van der Waals surface area contributed by atoms with Gasteiger partial charge >= 0.3 is 5.91 Å². The Balaban J connectivity index is 1.72. The minimum atomic E-state index is -0.538. The SMILES string of the molecule is CC1(C)[C@@H]2CC=C(/C=N\NC(=O)c3[nH+]c(Cl)c(Cl)c(N)c3Cl)[C@H]1C2. The number of amides is 1. The molecule has 3 aliphatic carbocycles. The van der Waals surface area contributed by atoms with Crippen LogP contribution >= 0.6 is 34.8 Å². The van der Waals surface area contributed by atoms with Gasteiger partial charge in [-0.3, -0.25) is 4.79 Å². The first kappa shape index (κ1) is 17.5. The van der Waals surface area contributed by atoms with Crippen molar-refractivity contribution in [1.29, 1.82) is 0 Å². The highest BCUT2D eigenvalue weighted by Gasteiger charge is 2.50. The Labute approximate surface area is 155 Å². The zero-order valence-corrected chi connectivity index (χ0v) is 15.6. The molecule has 4 N–H and O–H groups in total. The molecule has 24 heavy (non-hydrogen) atoms. The predicted molar refractivity (Wildman–Crippen MR) is 96.5 cm³/mol. The first-order chi connectivity index (χ1) is 11.2. The molecule has 2 bridgehead atoms. The van der Waals surface area contributed by atoms with Gasteiger partial charge in [0.2, 0.25) is 0 Å². The van der Waals surface area contributed by atoms with Crippen molar-refractivity contribution in [3.05, 3.63) is 32.5 Å². The summed E-state index contributed by atoms with van der Waals surface area (Å²) in [6.45, 7) is 4.55. The highest BCUT2D eigenvalue weighted by Crippen LogP contribution is 2.58. The van der Waals surface area contributed by atoms with Crippen LogP contribution in [0.15, 0.2) is 16.8 Å². The number of rotatable bonds is 3. The van der Waals surface area contributed by atoms with Crippen molar-refractivity contribution in [1.82, 2.24) is 5.43 Å². The van der Waals surface area contributed by atoms with Crippen molar-refractivity contribution in [3.63, 3.8) is 0 Å². The van der Waals surface area contributed by atoms with E-state index in [-0.39, 0.29) is 26.6 Å². The van der Waals surface area contributed by atoms with Crippen molar-refractivity contribution < 1.29 is 9.78 Å². The van der Waals surface area contributed by atoms with Crippen LogP contribution in [0.3, 0.4) is 0 Å². The van der Waals surface area contributed by atoms with Crippen LogP contribution in [0.2, 0.25) is 15.2 Å². The molecule has 1 saturated carbocycles. The first-order valence-electron chi connectivity index (χ1n) is 7.62. The average molecular weight is 389 g/mol. The molecular weight excluding hydrogens is 371 g/mol. The van der Waals surface area contributed by atoms with Gasteiger partial charge in [0.1, 0.15) is 10.0 Å². The summed E-state index contributed by atoms with van der Waals surface area (Å²) in [5, 5.41) is 4.18. The van der Waals surface area contributed by atoms with Gasteiger partial charge < -0.3 is 5.73 Å². The number of nitrogen functional groups attached to an aromatic ring is 1. The number of hydrogen-bond acceptors (Lipinski definition) is 3. The number of carbonyl (C=O) groups is 1. The molecule has 1 aromatic heterocycles. The van der Waals surface area contributed by atoms with E-state index < -0.39 is 5.91 Å². The molecule has 5 nitrogen and oxygen atoms in total. The summed E-state index contributed by atoms with van der Waals surface area (Å²) in [5.41, 5.74) is 9.69. The molecule has 0 saturated heterocycles.